The van der Waals surface area contributed by atoms with Crippen molar-refractivity contribution < 1.29 is 19.1 Å². The summed E-state index contributed by atoms with van der Waals surface area (Å²) in [4.78, 5) is 17.6. The fourth-order valence-corrected chi connectivity index (χ4v) is 4.41. The second-order valence-corrected chi connectivity index (χ2v) is 10.3. The Kier molecular flexibility index (Phi) is 17.1. The molecule has 4 nitrogen and oxygen atoms in total. The predicted octanol–water partition coefficient (Wildman–Crippen LogP) is 7.87. The topological polar surface area (TPSA) is 66.8 Å². The third-order valence-corrected chi connectivity index (χ3v) is 6.50. The number of unbranched alkanes of at least 4 members (excludes halogenated alkanes) is 16. The summed E-state index contributed by atoms with van der Waals surface area (Å²) in [6.45, 7) is 0.834. The first-order valence-corrected chi connectivity index (χ1v) is 14.1. The van der Waals surface area contributed by atoms with Gasteiger partial charge in [0.2, 0.25) is 0 Å². The zero-order chi connectivity index (χ0) is 21.8. The summed E-state index contributed by atoms with van der Waals surface area (Å²) in [6.07, 6.45) is 21.3. The third kappa shape index (κ3) is 19.2. The monoisotopic (exact) mass is 440 g/mol. The smallest absolute Gasteiger partial charge is 0.325 e. The first-order chi connectivity index (χ1) is 14.6. The van der Waals surface area contributed by atoms with Gasteiger partial charge < -0.3 is 14.5 Å². The summed E-state index contributed by atoms with van der Waals surface area (Å²) in [5.74, 6) is 0.980. The molecule has 0 aliphatic carbocycles. The van der Waals surface area contributed by atoms with Crippen LogP contribution in [0, 0.1) is 0 Å². The Morgan fingerprint density at radius 3 is 1.33 bits per heavy atom. The molecule has 1 aromatic rings. The first-order valence-electron chi connectivity index (χ1n) is 12.3. The van der Waals surface area contributed by atoms with Crippen molar-refractivity contribution in [2.45, 2.75) is 109 Å². The van der Waals surface area contributed by atoms with E-state index in [0.717, 1.165) is 31.6 Å². The number of para-hydroxylation sites is 1. The van der Waals surface area contributed by atoms with Crippen LogP contribution in [0.4, 0.5) is 0 Å². The molecule has 0 amide bonds. The summed E-state index contributed by atoms with van der Waals surface area (Å²) in [5.41, 5.74) is 0. The highest BCUT2D eigenvalue weighted by Crippen LogP contribution is 2.35. The summed E-state index contributed by atoms with van der Waals surface area (Å²) in [5, 5.41) is 0. The maximum atomic E-state index is 10.7. The van der Waals surface area contributed by atoms with Gasteiger partial charge in [0, 0.05) is 6.16 Å². The van der Waals surface area contributed by atoms with E-state index < -0.39 is 7.60 Å². The van der Waals surface area contributed by atoms with E-state index in [9.17, 15) is 4.57 Å². The molecule has 0 unspecified atom stereocenters. The van der Waals surface area contributed by atoms with Gasteiger partial charge in [0.15, 0.2) is 0 Å². The number of hydrogen-bond donors (Lipinski definition) is 2. The van der Waals surface area contributed by atoms with Crippen molar-refractivity contribution >= 4 is 7.60 Å². The lowest BCUT2D eigenvalue weighted by atomic mass is 10.0. The molecule has 1 rings (SSSR count). The molecule has 2 N–H and O–H groups in total. The fraction of sp³-hybridized carbons (Fsp3) is 0.760. The molecule has 0 fully saturated rings. The van der Waals surface area contributed by atoms with Crippen molar-refractivity contribution in [1.82, 2.24) is 0 Å². The minimum absolute atomic E-state index is 0.0523. The predicted molar refractivity (Wildman–Crippen MR) is 127 cm³/mol. The summed E-state index contributed by atoms with van der Waals surface area (Å²) < 4.78 is 16.5. The van der Waals surface area contributed by atoms with Crippen LogP contribution in [0.1, 0.15) is 109 Å². The molecule has 0 aromatic heterocycles. The lowest BCUT2D eigenvalue weighted by Crippen LogP contribution is -1.96. The van der Waals surface area contributed by atoms with Crippen LogP contribution >= 0.6 is 7.60 Å². The van der Waals surface area contributed by atoms with Gasteiger partial charge in [-0.15, -0.1) is 0 Å². The molecule has 174 valence electrons. The van der Waals surface area contributed by atoms with E-state index in [1.807, 2.05) is 30.3 Å². The summed E-state index contributed by atoms with van der Waals surface area (Å²) in [7, 11) is -3.77. The van der Waals surface area contributed by atoms with Crippen LogP contribution in [0.15, 0.2) is 30.3 Å². The normalized spacial score (nSPS) is 11.7. The molecule has 30 heavy (non-hydrogen) atoms. The van der Waals surface area contributed by atoms with Gasteiger partial charge in [0.1, 0.15) is 5.75 Å². The minimum Gasteiger partial charge on any atom is -0.494 e. The summed E-state index contributed by atoms with van der Waals surface area (Å²) >= 11 is 0. The number of rotatable bonds is 21. The Morgan fingerprint density at radius 2 is 0.933 bits per heavy atom. The highest BCUT2D eigenvalue weighted by molar-refractivity contribution is 7.51. The fourth-order valence-electron chi connectivity index (χ4n) is 3.78. The Morgan fingerprint density at radius 1 is 0.567 bits per heavy atom. The van der Waals surface area contributed by atoms with Crippen molar-refractivity contribution in [3.63, 3.8) is 0 Å². The van der Waals surface area contributed by atoms with Gasteiger partial charge in [-0.2, -0.15) is 0 Å². The molecule has 0 saturated heterocycles. The molecular formula is C25H45O4P. The average Bonchev–Trinajstić information content (AvgIpc) is 2.72. The van der Waals surface area contributed by atoms with Crippen LogP contribution in [0.5, 0.6) is 5.75 Å². The zero-order valence-corrected chi connectivity index (χ0v) is 19.9. The van der Waals surface area contributed by atoms with Gasteiger partial charge >= 0.3 is 7.60 Å². The van der Waals surface area contributed by atoms with E-state index in [-0.39, 0.29) is 6.16 Å². The molecule has 0 bridgehead atoms. The van der Waals surface area contributed by atoms with Crippen LogP contribution in [-0.2, 0) is 4.57 Å². The molecule has 0 atom stereocenters. The molecule has 0 radical (unpaired) electrons. The second-order valence-electron chi connectivity index (χ2n) is 8.56. The molecule has 1 aromatic carbocycles. The van der Waals surface area contributed by atoms with E-state index in [2.05, 4.69) is 0 Å². The molecule has 0 heterocycles. The highest BCUT2D eigenvalue weighted by Gasteiger charge is 2.10. The Labute approximate surface area is 185 Å². The Hall–Kier alpha value is -0.830. The van der Waals surface area contributed by atoms with Gasteiger partial charge in [0.05, 0.1) is 6.61 Å². The van der Waals surface area contributed by atoms with Gasteiger partial charge in [-0.1, -0.05) is 115 Å². The van der Waals surface area contributed by atoms with Crippen molar-refractivity contribution in [1.29, 1.82) is 0 Å². The van der Waals surface area contributed by atoms with E-state index >= 15 is 0 Å². The second kappa shape index (κ2) is 18.9. The lowest BCUT2D eigenvalue weighted by molar-refractivity contribution is 0.304. The molecule has 0 aliphatic rings. The van der Waals surface area contributed by atoms with Crippen molar-refractivity contribution in [3.8, 4) is 5.75 Å². The molecule has 0 spiro atoms. The SMILES string of the molecule is O=P(O)(O)CCCCCCCCCCCCCCCCCCCOc1ccccc1. The van der Waals surface area contributed by atoms with Gasteiger partial charge in [0.25, 0.3) is 0 Å². The quantitative estimate of drug-likeness (QED) is 0.151. The highest BCUT2D eigenvalue weighted by atomic mass is 31.2. The molecule has 5 heteroatoms. The van der Waals surface area contributed by atoms with Gasteiger partial charge in [-0.05, 0) is 25.0 Å². The Bertz CT molecular complexity index is 529. The number of hydrogen-bond acceptors (Lipinski definition) is 2. The number of benzene rings is 1. The van der Waals surface area contributed by atoms with Crippen molar-refractivity contribution in [3.05, 3.63) is 30.3 Å². The van der Waals surface area contributed by atoms with Crippen LogP contribution in [0.3, 0.4) is 0 Å². The summed E-state index contributed by atoms with van der Waals surface area (Å²) in [6, 6.07) is 10.1. The molecular weight excluding hydrogens is 395 g/mol. The van der Waals surface area contributed by atoms with Crippen LogP contribution < -0.4 is 4.74 Å². The maximum Gasteiger partial charge on any atom is 0.325 e. The van der Waals surface area contributed by atoms with E-state index in [1.165, 1.54) is 83.5 Å². The largest absolute Gasteiger partial charge is 0.494 e. The lowest BCUT2D eigenvalue weighted by Gasteiger charge is -2.06. The maximum absolute atomic E-state index is 10.7. The van der Waals surface area contributed by atoms with E-state index in [0.29, 0.717) is 6.42 Å². The Balaban J connectivity index is 1.68. The standard InChI is InChI=1S/C25H45O4P/c26-30(27,28)24-20-15-13-11-9-7-5-3-1-2-4-6-8-10-12-14-19-23-29-25-21-17-16-18-22-25/h16-18,21-22H,1-15,19-20,23-24H2,(H2,26,27,28). The van der Waals surface area contributed by atoms with Crippen LogP contribution in [0.2, 0.25) is 0 Å². The van der Waals surface area contributed by atoms with Gasteiger partial charge in [-0.25, -0.2) is 0 Å². The van der Waals surface area contributed by atoms with Gasteiger partial charge in [-0.3, -0.25) is 4.57 Å². The van der Waals surface area contributed by atoms with Crippen LogP contribution in [0.25, 0.3) is 0 Å². The van der Waals surface area contributed by atoms with E-state index in [4.69, 9.17) is 14.5 Å². The average molecular weight is 441 g/mol. The zero-order valence-electron chi connectivity index (χ0n) is 19.0. The third-order valence-electron chi connectivity index (χ3n) is 5.61. The van der Waals surface area contributed by atoms with E-state index in [1.54, 1.807) is 0 Å². The number of ether oxygens (including phenoxy) is 1. The molecule has 0 saturated carbocycles. The first kappa shape index (κ1) is 27.2. The molecule has 0 aliphatic heterocycles. The van der Waals surface area contributed by atoms with Crippen molar-refractivity contribution in [2.24, 2.45) is 0 Å². The minimum atomic E-state index is -3.77. The van der Waals surface area contributed by atoms with Crippen LogP contribution in [-0.4, -0.2) is 22.6 Å². The van der Waals surface area contributed by atoms with Crippen molar-refractivity contribution in [2.75, 3.05) is 12.8 Å².